The molecule has 0 fully saturated rings. The van der Waals surface area contributed by atoms with E-state index in [1.165, 1.54) is 48.5 Å². The quantitative estimate of drug-likeness (QED) is 0.0197. The lowest BCUT2D eigenvalue weighted by atomic mass is 10.1. The summed E-state index contributed by atoms with van der Waals surface area (Å²) >= 11 is 0. The van der Waals surface area contributed by atoms with Crippen LogP contribution in [0.2, 0.25) is 0 Å². The molecule has 0 aliphatic rings. The molecule has 0 aliphatic heterocycles. The number of benzene rings is 10. The Morgan fingerprint density at radius 3 is 1.28 bits per heavy atom. The Kier molecular flexibility index (Phi) is 26.5. The van der Waals surface area contributed by atoms with Gasteiger partial charge in [0, 0.05) is 113 Å². The Bertz CT molecular complexity index is 5490. The number of hydrogen-bond acceptors (Lipinski definition) is 21. The first-order valence-corrected chi connectivity index (χ1v) is 32.0. The van der Waals surface area contributed by atoms with Crippen LogP contribution in [0.4, 0.5) is 67.0 Å². The fourth-order valence-corrected chi connectivity index (χ4v) is 9.88. The lowest BCUT2D eigenvalue weighted by molar-refractivity contribution is -0.385. The van der Waals surface area contributed by atoms with Gasteiger partial charge < -0.3 is 72.7 Å². The molecule has 10 aromatic carbocycles. The van der Waals surface area contributed by atoms with Crippen LogP contribution < -0.4 is 44.2 Å². The third kappa shape index (κ3) is 21.7. The maximum absolute atomic E-state index is 12.4. The van der Waals surface area contributed by atoms with Crippen molar-refractivity contribution in [3.63, 3.8) is 0 Å². The largest absolute Gasteiger partial charge is 0.478 e. The topological polar surface area (TPSA) is 462 Å². The van der Waals surface area contributed by atoms with Gasteiger partial charge in [-0.15, -0.1) is 0 Å². The number of nitrogens with two attached hydrogens (primary N) is 4. The third-order valence-electron chi connectivity index (χ3n) is 15.7. The molecule has 4 heterocycles. The van der Waals surface area contributed by atoms with E-state index in [1.54, 1.807) is 68.8 Å². The summed E-state index contributed by atoms with van der Waals surface area (Å²) in [5.74, 6) is -2.72. The van der Waals surface area contributed by atoms with Crippen LogP contribution in [-0.2, 0) is 41.3 Å². The number of anilines is 8. The molecule has 0 atom stereocenters. The maximum Gasteiger partial charge on any atom is 0.335 e. The van der Waals surface area contributed by atoms with Gasteiger partial charge in [-0.25, -0.2) is 33.9 Å². The number of halogens is 1. The highest BCUT2D eigenvalue weighted by molar-refractivity contribution is 6.05. The van der Waals surface area contributed by atoms with E-state index in [9.17, 15) is 53.9 Å². The number of imidazole rings is 4. The van der Waals surface area contributed by atoms with Crippen LogP contribution in [-0.4, -0.2) is 94.4 Å². The van der Waals surface area contributed by atoms with Crippen LogP contribution in [0.5, 0.6) is 0 Å². The Morgan fingerprint density at radius 2 is 0.850 bits per heavy atom. The van der Waals surface area contributed by atoms with Gasteiger partial charge in [0.25, 0.3) is 23.0 Å². The van der Waals surface area contributed by atoms with Gasteiger partial charge in [-0.2, -0.15) is 0 Å². The first-order chi connectivity index (χ1) is 51.2. The molecular weight excluding hydrogens is 1380 g/mol. The summed E-state index contributed by atoms with van der Waals surface area (Å²) in [7, 11) is 9.46. The molecule has 0 spiro atoms. The fourth-order valence-electron chi connectivity index (χ4n) is 9.88. The number of aldehydes is 1. The normalized spacial score (nSPS) is 10.3. The van der Waals surface area contributed by atoms with E-state index in [2.05, 4.69) is 41.2 Å². The molecular formula is C75H72FN19O12. The van der Waals surface area contributed by atoms with E-state index in [1.807, 2.05) is 150 Å². The van der Waals surface area contributed by atoms with E-state index >= 15 is 0 Å². The molecule has 14 rings (SSSR count). The molecule has 0 unspecified atom stereocenters. The van der Waals surface area contributed by atoms with Crippen LogP contribution in [0.25, 0.3) is 44.1 Å². The molecule has 14 N–H and O–H groups in total. The summed E-state index contributed by atoms with van der Waals surface area (Å²) in [5.41, 5.74) is 38.1. The van der Waals surface area contributed by atoms with Gasteiger partial charge in [-0.1, -0.05) is 48.5 Å². The number of aromatic carboxylic acids is 2. The van der Waals surface area contributed by atoms with Crippen LogP contribution in [0.15, 0.2) is 232 Å². The smallest absolute Gasteiger partial charge is 0.335 e. The van der Waals surface area contributed by atoms with Crippen LogP contribution in [0, 0.1) is 36.2 Å². The molecule has 0 radical (unpaired) electrons. The lowest BCUT2D eigenvalue weighted by Crippen LogP contribution is -2.13. The van der Waals surface area contributed by atoms with E-state index in [-0.39, 0.29) is 34.2 Å². The number of carbonyl (C=O) groups excluding carboxylic acids is 2. The summed E-state index contributed by atoms with van der Waals surface area (Å²) in [4.78, 5) is 89.8. The van der Waals surface area contributed by atoms with Crippen molar-refractivity contribution in [3.05, 3.63) is 301 Å². The molecule has 32 heteroatoms. The zero-order valence-electron chi connectivity index (χ0n) is 58.0. The maximum atomic E-state index is 12.4. The second-order valence-electron chi connectivity index (χ2n) is 23.2. The second-order valence-corrected chi connectivity index (χ2v) is 23.2. The monoisotopic (exact) mass is 1450 g/mol. The van der Waals surface area contributed by atoms with Crippen LogP contribution >= 0.6 is 0 Å². The van der Waals surface area contributed by atoms with E-state index < -0.39 is 32.5 Å². The Labute approximate surface area is 608 Å². The van der Waals surface area contributed by atoms with Gasteiger partial charge in [0.05, 0.1) is 124 Å². The van der Waals surface area contributed by atoms with Gasteiger partial charge >= 0.3 is 11.9 Å². The number of para-hydroxylation sites is 2. The standard InChI is InChI=1S/C22H21N5O.C16H15N3O2.C8H7N3O2.C8H9N3.C8H6O3.C7H9N3O2.C6H5FN2O2/c1-27-14-25-20-12-17(10-11-21(20)27)24-13-15-6-8-16(9-7-15)22(28)26-19-5-3-2-4-18(19)23;1-19-10-18-14-8-13(6-7-15(14)19)17-9-11-2-4-12(5-3-11)16(20)21;1-10-5-9-7-4-6(11(12)13)2-3-8(7)10;1-11-5-10-7-4-6(9)2-3-8(7)11;9-5-6-1-3-7(4-2-6)8(10)11;1-9-7-3-2-5(10(11)12)4-6(7)8;7-5-2-1-4(9(10)11)3-6(5)8/h2-12,14,24H,13,23H2,1H3,(H,26,28);2-8,10,17H,9H2,1H3,(H,20,21);2-5H,1H3;2-5H,9H2,1H3;1-5H,(H,10,11);2-4,9H,8H2,1H3;1-3H,8H2. The molecule has 0 bridgehead atoms. The summed E-state index contributed by atoms with van der Waals surface area (Å²) in [6.07, 6.45) is 7.69. The van der Waals surface area contributed by atoms with Gasteiger partial charge in [0.2, 0.25) is 0 Å². The minimum absolute atomic E-state index is 0.00602. The SMILES string of the molecule is CNc1ccc([N+](=O)[O-])cc1N.Cn1cnc2cc(N)ccc21.Cn1cnc2cc(NCc3ccc(C(=O)Nc4ccccc4N)cc3)ccc21.Cn1cnc2cc(NCc3ccc(C(=O)O)cc3)ccc21.Cn1cnc2cc([N+](=O)[O-])ccc21.Nc1cc([N+](=O)[O-])ccc1F.O=Cc1ccc(C(=O)O)cc1. The Balaban J connectivity index is 0.000000163. The first kappa shape index (κ1) is 77.6. The molecule has 546 valence electrons. The van der Waals surface area contributed by atoms with Crippen molar-refractivity contribution in [1.82, 2.24) is 38.2 Å². The van der Waals surface area contributed by atoms with Crippen molar-refractivity contribution in [1.29, 1.82) is 0 Å². The van der Waals surface area contributed by atoms with Crippen molar-refractivity contribution >= 4 is 131 Å². The summed E-state index contributed by atoms with van der Waals surface area (Å²) in [6, 6.07) is 57.1. The zero-order chi connectivity index (χ0) is 77.4. The van der Waals surface area contributed by atoms with Crippen molar-refractivity contribution in [3.8, 4) is 0 Å². The number of carboxylic acid groups (broad SMARTS) is 2. The highest BCUT2D eigenvalue weighted by Gasteiger charge is 2.13. The number of amides is 1. The number of aromatic nitrogens is 8. The molecule has 31 nitrogen and oxygen atoms in total. The second kappa shape index (κ2) is 36.5. The number of aryl methyl sites for hydroxylation is 4. The predicted molar refractivity (Wildman–Crippen MR) is 411 cm³/mol. The Hall–Kier alpha value is -15.1. The van der Waals surface area contributed by atoms with Crippen molar-refractivity contribution in [2.75, 3.05) is 51.2 Å². The van der Waals surface area contributed by atoms with E-state index in [0.717, 1.165) is 85.0 Å². The average Bonchev–Trinajstić information content (AvgIpc) is 1.69. The minimum Gasteiger partial charge on any atom is -0.478 e. The highest BCUT2D eigenvalue weighted by Crippen LogP contribution is 2.26. The highest BCUT2D eigenvalue weighted by atomic mass is 19.1. The summed E-state index contributed by atoms with van der Waals surface area (Å²) < 4.78 is 20.2. The fraction of sp³-hybridized carbons (Fsp3) is 0.0933. The number of hydrogen-bond donors (Lipinski definition) is 10. The van der Waals surface area contributed by atoms with Gasteiger partial charge in [-0.05, 0) is 132 Å². The number of nitrogens with zero attached hydrogens (tertiary/aromatic N) is 11. The van der Waals surface area contributed by atoms with Crippen LogP contribution in [0.1, 0.15) is 52.6 Å². The average molecular weight is 1450 g/mol. The Morgan fingerprint density at radius 1 is 0.458 bits per heavy atom. The van der Waals surface area contributed by atoms with Crippen molar-refractivity contribution in [2.45, 2.75) is 13.1 Å². The number of carboxylic acids is 2. The first-order valence-electron chi connectivity index (χ1n) is 32.0. The molecule has 1 amide bonds. The summed E-state index contributed by atoms with van der Waals surface area (Å²) in [6.45, 7) is 1.30. The van der Waals surface area contributed by atoms with E-state index in [4.69, 9.17) is 33.1 Å². The van der Waals surface area contributed by atoms with Crippen molar-refractivity contribution in [2.24, 2.45) is 28.2 Å². The zero-order valence-corrected chi connectivity index (χ0v) is 58.0. The lowest BCUT2D eigenvalue weighted by Gasteiger charge is -2.09. The minimum atomic E-state index is -0.984. The number of rotatable bonds is 15. The molecule has 14 aromatic rings. The molecule has 0 saturated carbocycles. The number of nitrogen functional groups attached to an aromatic ring is 4. The third-order valence-corrected chi connectivity index (χ3v) is 15.7. The number of carbonyl (C=O) groups is 4. The van der Waals surface area contributed by atoms with E-state index in [0.29, 0.717) is 64.3 Å². The van der Waals surface area contributed by atoms with Gasteiger partial charge in [0.1, 0.15) is 12.1 Å². The summed E-state index contributed by atoms with van der Waals surface area (Å²) in [5, 5.41) is 60.5. The molecule has 0 saturated heterocycles. The van der Waals surface area contributed by atoms with Crippen LogP contribution in [0.3, 0.4) is 0 Å². The predicted octanol–water partition coefficient (Wildman–Crippen LogP) is 13.3. The van der Waals surface area contributed by atoms with Gasteiger partial charge in [-0.3, -0.25) is 39.9 Å². The van der Waals surface area contributed by atoms with Gasteiger partial charge in [0.15, 0.2) is 0 Å². The molecule has 0 aliphatic carbocycles. The van der Waals surface area contributed by atoms with Crippen molar-refractivity contribution < 1.29 is 48.6 Å². The molecule has 4 aromatic heterocycles. The number of nitro groups is 3. The number of nitrogens with one attached hydrogen (secondary N) is 4. The number of nitro benzene ring substituents is 3. The number of non-ortho nitro benzene ring substituents is 3. The number of fused-ring (bicyclic) bond motifs is 4. The molecule has 107 heavy (non-hydrogen) atoms.